The van der Waals surface area contributed by atoms with Crippen LogP contribution >= 0.6 is 11.3 Å². The molecule has 0 unspecified atom stereocenters. The summed E-state index contributed by atoms with van der Waals surface area (Å²) in [4.78, 5) is 27.9. The molecule has 2 rings (SSSR count). The lowest BCUT2D eigenvalue weighted by molar-refractivity contribution is -0.148. The van der Waals surface area contributed by atoms with Crippen LogP contribution in [-0.4, -0.2) is 29.5 Å². The van der Waals surface area contributed by atoms with Crippen LogP contribution in [0, 0.1) is 0 Å². The van der Waals surface area contributed by atoms with Crippen LogP contribution in [0.3, 0.4) is 0 Å². The highest BCUT2D eigenvalue weighted by molar-refractivity contribution is 7.18. The lowest BCUT2D eigenvalue weighted by Crippen LogP contribution is -2.36. The van der Waals surface area contributed by atoms with Gasteiger partial charge >= 0.3 is 5.97 Å². The topological polar surface area (TPSA) is 68.3 Å². The average Bonchev–Trinajstić information content (AvgIpc) is 2.98. The van der Waals surface area contributed by atoms with E-state index in [9.17, 15) is 9.59 Å². The molecule has 23 heavy (non-hydrogen) atoms. The highest BCUT2D eigenvalue weighted by atomic mass is 32.1. The second-order valence-corrected chi connectivity index (χ2v) is 6.43. The molecule has 0 aliphatic rings. The number of para-hydroxylation sites is 1. The third-order valence-corrected chi connectivity index (χ3v) is 4.69. The van der Waals surface area contributed by atoms with E-state index in [0.717, 1.165) is 28.1 Å². The number of nitrogens with zero attached hydrogens (tertiary/aromatic N) is 1. The maximum Gasteiger partial charge on any atom is 0.306 e. The minimum atomic E-state index is -0.371. The quantitative estimate of drug-likeness (QED) is 0.753. The number of rotatable bonds is 8. The molecule has 0 saturated heterocycles. The van der Waals surface area contributed by atoms with Crippen molar-refractivity contribution in [1.29, 1.82) is 0 Å². The number of esters is 1. The standard InChI is InChI=1S/C17H22N2O3S/c1-3-12(4-2)18-15(20)11-22-17(21)10-9-16-19-13-7-5-6-8-14(13)23-16/h5-8,12H,3-4,9-11H2,1-2H3,(H,18,20). The molecule has 0 aliphatic heterocycles. The van der Waals surface area contributed by atoms with Gasteiger partial charge in [0.05, 0.1) is 21.6 Å². The number of ether oxygens (including phenoxy) is 1. The minimum Gasteiger partial charge on any atom is -0.456 e. The summed E-state index contributed by atoms with van der Waals surface area (Å²) in [5.74, 6) is -0.615. The molecule has 0 bridgehead atoms. The lowest BCUT2D eigenvalue weighted by atomic mass is 10.2. The summed E-state index contributed by atoms with van der Waals surface area (Å²) >= 11 is 1.58. The molecule has 5 nitrogen and oxygen atoms in total. The molecule has 1 heterocycles. The van der Waals surface area contributed by atoms with E-state index >= 15 is 0 Å². The first-order chi connectivity index (χ1) is 11.1. The molecular weight excluding hydrogens is 312 g/mol. The van der Waals surface area contributed by atoms with Gasteiger partial charge in [0.2, 0.25) is 0 Å². The number of thiazole rings is 1. The Bertz CT molecular complexity index is 632. The zero-order valence-electron chi connectivity index (χ0n) is 13.5. The number of nitrogens with one attached hydrogen (secondary N) is 1. The van der Waals surface area contributed by atoms with Crippen molar-refractivity contribution in [3.05, 3.63) is 29.3 Å². The van der Waals surface area contributed by atoms with Gasteiger partial charge in [-0.15, -0.1) is 11.3 Å². The van der Waals surface area contributed by atoms with E-state index < -0.39 is 0 Å². The Hall–Kier alpha value is -1.95. The lowest BCUT2D eigenvalue weighted by Gasteiger charge is -2.14. The van der Waals surface area contributed by atoms with Crippen molar-refractivity contribution < 1.29 is 14.3 Å². The van der Waals surface area contributed by atoms with Gasteiger partial charge in [0.1, 0.15) is 0 Å². The summed E-state index contributed by atoms with van der Waals surface area (Å²) in [6, 6.07) is 8.02. The van der Waals surface area contributed by atoms with E-state index in [4.69, 9.17) is 4.74 Å². The predicted molar refractivity (Wildman–Crippen MR) is 91.4 cm³/mol. The first kappa shape index (κ1) is 17.4. The Kier molecular flexibility index (Phi) is 6.52. The van der Waals surface area contributed by atoms with Crippen LogP contribution < -0.4 is 5.32 Å². The SMILES string of the molecule is CCC(CC)NC(=O)COC(=O)CCc1nc2ccccc2s1. The fourth-order valence-corrected chi connectivity index (χ4v) is 3.18. The molecule has 0 atom stereocenters. The third kappa shape index (κ3) is 5.32. The van der Waals surface area contributed by atoms with Crippen LogP contribution in [0.1, 0.15) is 38.1 Å². The van der Waals surface area contributed by atoms with Crippen molar-refractivity contribution in [1.82, 2.24) is 10.3 Å². The van der Waals surface area contributed by atoms with Gasteiger partial charge in [-0.05, 0) is 25.0 Å². The molecule has 0 saturated carbocycles. The van der Waals surface area contributed by atoms with Gasteiger partial charge in [0, 0.05) is 12.5 Å². The predicted octanol–water partition coefficient (Wildman–Crippen LogP) is 3.08. The maximum atomic E-state index is 11.7. The van der Waals surface area contributed by atoms with Crippen molar-refractivity contribution >= 4 is 33.4 Å². The normalized spacial score (nSPS) is 10.9. The van der Waals surface area contributed by atoms with Crippen molar-refractivity contribution in [3.63, 3.8) is 0 Å². The first-order valence-electron chi connectivity index (χ1n) is 7.91. The van der Waals surface area contributed by atoms with Crippen LogP contribution in [0.2, 0.25) is 0 Å². The molecule has 1 amide bonds. The zero-order chi connectivity index (χ0) is 16.7. The van der Waals surface area contributed by atoms with E-state index in [1.54, 1.807) is 11.3 Å². The van der Waals surface area contributed by atoms with E-state index in [0.29, 0.717) is 6.42 Å². The van der Waals surface area contributed by atoms with Crippen molar-refractivity contribution in [2.45, 2.75) is 45.6 Å². The van der Waals surface area contributed by atoms with E-state index in [1.165, 1.54) is 0 Å². The van der Waals surface area contributed by atoms with Crippen molar-refractivity contribution in [3.8, 4) is 0 Å². The number of hydrogen-bond donors (Lipinski definition) is 1. The molecule has 0 fully saturated rings. The number of carbonyl (C=O) groups excluding carboxylic acids is 2. The number of aromatic nitrogens is 1. The summed E-state index contributed by atoms with van der Waals surface area (Å²) < 4.78 is 6.13. The molecule has 0 spiro atoms. The van der Waals surface area contributed by atoms with Crippen LogP contribution in [0.4, 0.5) is 0 Å². The van der Waals surface area contributed by atoms with Crippen molar-refractivity contribution in [2.24, 2.45) is 0 Å². The highest BCUT2D eigenvalue weighted by Crippen LogP contribution is 2.22. The fourth-order valence-electron chi connectivity index (χ4n) is 2.22. The molecule has 0 radical (unpaired) electrons. The number of fused-ring (bicyclic) bond motifs is 1. The Labute approximate surface area is 140 Å². The smallest absolute Gasteiger partial charge is 0.306 e. The van der Waals surface area contributed by atoms with Gasteiger partial charge < -0.3 is 10.1 Å². The highest BCUT2D eigenvalue weighted by Gasteiger charge is 2.12. The van der Waals surface area contributed by atoms with Crippen molar-refractivity contribution in [2.75, 3.05) is 6.61 Å². The maximum absolute atomic E-state index is 11.7. The van der Waals surface area contributed by atoms with Gasteiger partial charge in [-0.2, -0.15) is 0 Å². The molecule has 0 aliphatic carbocycles. The Morgan fingerprint density at radius 1 is 1.26 bits per heavy atom. The summed E-state index contributed by atoms with van der Waals surface area (Å²) in [7, 11) is 0. The van der Waals surface area contributed by atoms with Crippen LogP contribution in [0.25, 0.3) is 10.2 Å². The largest absolute Gasteiger partial charge is 0.456 e. The summed E-state index contributed by atoms with van der Waals surface area (Å²) in [6.07, 6.45) is 2.51. The monoisotopic (exact) mass is 334 g/mol. The number of benzene rings is 1. The minimum absolute atomic E-state index is 0.143. The first-order valence-corrected chi connectivity index (χ1v) is 8.73. The fraction of sp³-hybridized carbons (Fsp3) is 0.471. The number of carbonyl (C=O) groups is 2. The molecule has 1 N–H and O–H groups in total. The van der Waals surface area contributed by atoms with Gasteiger partial charge in [-0.25, -0.2) is 4.98 Å². The van der Waals surface area contributed by atoms with E-state index in [2.05, 4.69) is 10.3 Å². The number of amides is 1. The summed E-state index contributed by atoms with van der Waals surface area (Å²) in [5.41, 5.74) is 0.949. The van der Waals surface area contributed by atoms with E-state index in [-0.39, 0.29) is 30.9 Å². The second-order valence-electron chi connectivity index (χ2n) is 5.32. The van der Waals surface area contributed by atoms with Crippen LogP contribution in [0.5, 0.6) is 0 Å². The Balaban J connectivity index is 1.73. The molecule has 6 heteroatoms. The van der Waals surface area contributed by atoms with Gasteiger partial charge in [0.15, 0.2) is 6.61 Å². The molecule has 1 aromatic heterocycles. The van der Waals surface area contributed by atoms with Gasteiger partial charge in [-0.3, -0.25) is 9.59 Å². The molecule has 2 aromatic rings. The van der Waals surface area contributed by atoms with Gasteiger partial charge in [0.25, 0.3) is 5.91 Å². The molecular formula is C17H22N2O3S. The Morgan fingerprint density at radius 3 is 2.70 bits per heavy atom. The second kappa shape index (κ2) is 8.62. The number of aryl methyl sites for hydroxylation is 1. The average molecular weight is 334 g/mol. The van der Waals surface area contributed by atoms with E-state index in [1.807, 2.05) is 38.1 Å². The Morgan fingerprint density at radius 2 is 2.00 bits per heavy atom. The van der Waals surface area contributed by atoms with Crippen LogP contribution in [0.15, 0.2) is 24.3 Å². The van der Waals surface area contributed by atoms with Crippen LogP contribution in [-0.2, 0) is 20.7 Å². The zero-order valence-corrected chi connectivity index (χ0v) is 14.3. The summed E-state index contributed by atoms with van der Waals surface area (Å²) in [6.45, 7) is 3.81. The summed E-state index contributed by atoms with van der Waals surface area (Å²) in [5, 5.41) is 3.74. The van der Waals surface area contributed by atoms with Gasteiger partial charge in [-0.1, -0.05) is 26.0 Å². The molecule has 124 valence electrons. The third-order valence-electron chi connectivity index (χ3n) is 3.60. The molecule has 1 aromatic carbocycles. The number of hydrogen-bond acceptors (Lipinski definition) is 5.